The zero-order valence-electron chi connectivity index (χ0n) is 31.6. The summed E-state index contributed by atoms with van der Waals surface area (Å²) < 4.78 is 11.0. The lowest BCUT2D eigenvalue weighted by atomic mass is 10.1. The fourth-order valence-electron chi connectivity index (χ4n) is 5.93. The number of hydrazone groups is 2. The molecule has 18 nitrogen and oxygen atoms in total. The van der Waals surface area contributed by atoms with E-state index in [1.807, 2.05) is 53.3 Å². The number of imidazole rings is 3. The van der Waals surface area contributed by atoms with E-state index in [4.69, 9.17) is 5.41 Å². The highest BCUT2D eigenvalue weighted by Gasteiger charge is 2.34. The number of aromatic nitrogens is 12. The van der Waals surface area contributed by atoms with Crippen LogP contribution >= 0.6 is 0 Å². The predicted molar refractivity (Wildman–Crippen MR) is 193 cm³/mol. The maximum atomic E-state index is 9.25. The molecule has 18 heteroatoms. The SMILES string of the molecule is CC(C)(C)n1cnc2c(=N)n(O)cnc21.CC1=NN(C)c2ncnc3c2n1c[n+]3C(C)(C)C.CC1=NN(C)c2ncnc3c2n1c[n+]3C(C)(C)C. The first-order chi connectivity index (χ1) is 23.7. The summed E-state index contributed by atoms with van der Waals surface area (Å²) in [4.78, 5) is 25.6. The van der Waals surface area contributed by atoms with Crippen molar-refractivity contribution in [3.05, 3.63) is 43.5 Å². The summed E-state index contributed by atoms with van der Waals surface area (Å²) in [5.41, 5.74) is 4.66. The second-order valence-corrected chi connectivity index (χ2v) is 15.5. The molecule has 0 saturated carbocycles. The number of fused-ring (bicyclic) bond motifs is 1. The van der Waals surface area contributed by atoms with E-state index in [-0.39, 0.29) is 22.1 Å². The lowest BCUT2D eigenvalue weighted by Crippen LogP contribution is -2.49. The Labute approximate surface area is 295 Å². The molecule has 2 aliphatic heterocycles. The van der Waals surface area contributed by atoms with Crippen molar-refractivity contribution in [1.29, 1.82) is 5.41 Å². The molecule has 0 aliphatic carbocycles. The quantitative estimate of drug-likeness (QED) is 0.178. The fourth-order valence-corrected chi connectivity index (χ4v) is 5.93. The highest BCUT2D eigenvalue weighted by atomic mass is 16.5. The van der Waals surface area contributed by atoms with Crippen LogP contribution in [0.5, 0.6) is 0 Å². The van der Waals surface area contributed by atoms with Gasteiger partial charge in [-0.3, -0.25) is 5.41 Å². The lowest BCUT2D eigenvalue weighted by Gasteiger charge is -2.20. The minimum absolute atomic E-state index is 0.0294. The van der Waals surface area contributed by atoms with E-state index in [1.165, 1.54) is 6.33 Å². The standard InChI is InChI=1S/2C12H17N6.C9H13N5O/c2*1-8-15-16(5)10-9-11(14-6-13-10)18(7-17(8)9)12(2,3)4;1-9(2,3)13-4-11-6-7(10)14(15)5-12-8(6)13/h2*6-7H,1-5H3;4-5,10,15H,1-3H3/q2*+1;. The molecule has 0 saturated heterocycles. The summed E-state index contributed by atoms with van der Waals surface area (Å²) in [6.07, 6.45) is 10.1. The fraction of sp³-hybridized carbons (Fsp3) is 0.485. The number of nitrogens with one attached hydrogen (secondary N) is 1. The molecule has 0 radical (unpaired) electrons. The van der Waals surface area contributed by atoms with Crippen LogP contribution in [0.2, 0.25) is 0 Å². The topological polar surface area (TPSA) is 180 Å². The second-order valence-electron chi connectivity index (χ2n) is 15.5. The Balaban J connectivity index is 0.000000133. The van der Waals surface area contributed by atoms with Gasteiger partial charge in [0.1, 0.15) is 6.33 Å². The average molecular weight is 698 g/mol. The molecule has 51 heavy (non-hydrogen) atoms. The van der Waals surface area contributed by atoms with Crippen LogP contribution < -0.4 is 24.6 Å². The van der Waals surface area contributed by atoms with Gasteiger partial charge < -0.3 is 9.77 Å². The molecule has 0 bridgehead atoms. The number of anilines is 2. The van der Waals surface area contributed by atoms with Crippen LogP contribution in [0.15, 0.2) is 48.2 Å². The van der Waals surface area contributed by atoms with Gasteiger partial charge >= 0.3 is 11.3 Å². The Bertz CT molecular complexity index is 2300. The maximum absolute atomic E-state index is 9.25. The summed E-state index contributed by atoms with van der Waals surface area (Å²) in [7, 11) is 3.81. The van der Waals surface area contributed by atoms with E-state index in [2.05, 4.69) is 113 Å². The van der Waals surface area contributed by atoms with Crippen molar-refractivity contribution < 1.29 is 14.3 Å². The zero-order chi connectivity index (χ0) is 37.4. The van der Waals surface area contributed by atoms with Crippen molar-refractivity contribution in [1.82, 2.24) is 48.3 Å². The summed E-state index contributed by atoms with van der Waals surface area (Å²) in [6, 6.07) is 0. The van der Waals surface area contributed by atoms with Crippen molar-refractivity contribution in [2.45, 2.75) is 92.8 Å². The van der Waals surface area contributed by atoms with Crippen LogP contribution in [0.3, 0.4) is 0 Å². The van der Waals surface area contributed by atoms with Gasteiger partial charge in [0, 0.05) is 33.5 Å². The van der Waals surface area contributed by atoms with Crippen LogP contribution in [0, 0.1) is 5.41 Å². The Morgan fingerprint density at radius 2 is 1.10 bits per heavy atom. The summed E-state index contributed by atoms with van der Waals surface area (Å²) >= 11 is 0. The van der Waals surface area contributed by atoms with Gasteiger partial charge in [0.15, 0.2) is 65.3 Å². The summed E-state index contributed by atoms with van der Waals surface area (Å²) in [6.45, 7) is 23.0. The molecule has 2 N–H and O–H groups in total. The molecule has 0 spiro atoms. The molecule has 0 unspecified atom stereocenters. The van der Waals surface area contributed by atoms with Gasteiger partial charge in [-0.05, 0) is 62.3 Å². The molecular weight excluding hydrogens is 650 g/mol. The van der Waals surface area contributed by atoms with Gasteiger partial charge in [0.05, 0.1) is 17.4 Å². The maximum Gasteiger partial charge on any atom is 0.308 e. The average Bonchev–Trinajstić information content (AvgIpc) is 3.76. The first-order valence-corrected chi connectivity index (χ1v) is 16.5. The third kappa shape index (κ3) is 6.03. The van der Waals surface area contributed by atoms with Gasteiger partial charge in [-0.1, -0.05) is 9.97 Å². The minimum atomic E-state index is -0.143. The highest BCUT2D eigenvalue weighted by molar-refractivity contribution is 5.98. The first-order valence-electron chi connectivity index (χ1n) is 16.5. The predicted octanol–water partition coefficient (Wildman–Crippen LogP) is 2.91. The largest absolute Gasteiger partial charge is 0.425 e. The van der Waals surface area contributed by atoms with Gasteiger partial charge in [-0.25, -0.2) is 38.3 Å². The van der Waals surface area contributed by atoms with Gasteiger partial charge in [-0.2, -0.15) is 14.7 Å². The Morgan fingerprint density at radius 3 is 1.51 bits per heavy atom. The summed E-state index contributed by atoms with van der Waals surface area (Å²) in [5, 5.41) is 29.4. The number of rotatable bonds is 0. The smallest absolute Gasteiger partial charge is 0.308 e. The van der Waals surface area contributed by atoms with E-state index in [0.29, 0.717) is 15.9 Å². The van der Waals surface area contributed by atoms with Gasteiger partial charge in [0.2, 0.25) is 11.0 Å². The number of nitrogens with zero attached hydrogens (tertiary/aromatic N) is 16. The van der Waals surface area contributed by atoms with E-state index in [1.54, 1.807) is 29.0 Å². The van der Waals surface area contributed by atoms with Crippen LogP contribution in [-0.4, -0.2) is 79.3 Å². The van der Waals surface area contributed by atoms with Crippen molar-refractivity contribution in [2.24, 2.45) is 10.2 Å². The Morgan fingerprint density at radius 1 is 0.647 bits per heavy atom. The second kappa shape index (κ2) is 11.9. The lowest BCUT2D eigenvalue weighted by molar-refractivity contribution is -0.732. The third-order valence-electron chi connectivity index (χ3n) is 8.52. The Kier molecular flexibility index (Phi) is 8.18. The van der Waals surface area contributed by atoms with Crippen LogP contribution in [0.4, 0.5) is 11.6 Å². The molecule has 0 aromatic carbocycles. The molecule has 2 aliphatic rings. The van der Waals surface area contributed by atoms with Crippen molar-refractivity contribution >= 4 is 56.8 Å². The van der Waals surface area contributed by atoms with Gasteiger partial charge in [0.25, 0.3) is 0 Å². The molecular formula is C33H47N17O+2. The zero-order valence-corrected chi connectivity index (χ0v) is 31.6. The monoisotopic (exact) mass is 697 g/mol. The minimum Gasteiger partial charge on any atom is -0.425 e. The third-order valence-corrected chi connectivity index (χ3v) is 8.52. The molecule has 6 aromatic rings. The van der Waals surface area contributed by atoms with Crippen LogP contribution in [0.1, 0.15) is 76.2 Å². The number of hydrogen-bond donors (Lipinski definition) is 2. The molecule has 0 amide bonds. The van der Waals surface area contributed by atoms with E-state index >= 15 is 0 Å². The molecule has 8 rings (SSSR count). The van der Waals surface area contributed by atoms with Crippen molar-refractivity contribution in [3.8, 4) is 0 Å². The number of hydrogen-bond acceptors (Lipinski definition) is 12. The van der Waals surface area contributed by atoms with E-state index in [0.717, 1.165) is 45.6 Å². The Hall–Kier alpha value is -5.81. The van der Waals surface area contributed by atoms with Crippen LogP contribution in [0.25, 0.3) is 33.5 Å². The van der Waals surface area contributed by atoms with Gasteiger partial charge in [-0.15, -0.1) is 10.2 Å². The normalized spacial score (nSPS) is 14.3. The molecule has 8 heterocycles. The van der Waals surface area contributed by atoms with E-state index < -0.39 is 0 Å². The van der Waals surface area contributed by atoms with Crippen molar-refractivity contribution in [3.63, 3.8) is 0 Å². The molecule has 0 atom stereocenters. The molecule has 6 aromatic heterocycles. The summed E-state index contributed by atoms with van der Waals surface area (Å²) in [5.74, 6) is 3.53. The first kappa shape index (κ1) is 35.0. The molecule has 268 valence electrons. The van der Waals surface area contributed by atoms with E-state index in [9.17, 15) is 5.21 Å². The molecule has 0 fully saturated rings. The van der Waals surface area contributed by atoms with Crippen LogP contribution in [-0.2, 0) is 16.6 Å². The highest BCUT2D eigenvalue weighted by Crippen LogP contribution is 2.27. The van der Waals surface area contributed by atoms with Crippen molar-refractivity contribution in [2.75, 3.05) is 24.1 Å².